The van der Waals surface area contributed by atoms with Crippen LogP contribution in [0.4, 0.5) is 0 Å². The van der Waals surface area contributed by atoms with Gasteiger partial charge in [-0.05, 0) is 0 Å². The molecule has 0 aliphatic heterocycles. The standard InChI is InChI=1S/C20H23N5OS/c1-25(2)17(15-9-5-3-6-10-15)13-21-18(26)14-27-20-22-19(23-24-20)16-11-7-4-8-12-16/h3-12,17H,13-14H2,1-2H3,(H,21,26)(H,22,23,24)/p+1/t17-/m1/s1. The average Bonchev–Trinajstić information content (AvgIpc) is 3.17. The zero-order chi connectivity index (χ0) is 19.1. The van der Waals surface area contributed by atoms with Crippen LogP contribution in [-0.2, 0) is 4.79 Å². The minimum absolute atomic E-state index is 0.0201. The van der Waals surface area contributed by atoms with Crippen LogP contribution in [-0.4, -0.2) is 47.5 Å². The van der Waals surface area contributed by atoms with Gasteiger partial charge in [-0.2, -0.15) is 0 Å². The molecule has 1 heterocycles. The summed E-state index contributed by atoms with van der Waals surface area (Å²) in [6.07, 6.45) is 0. The molecule has 0 spiro atoms. The van der Waals surface area contributed by atoms with Crippen molar-refractivity contribution in [1.29, 1.82) is 0 Å². The Bertz CT molecular complexity index is 851. The first kappa shape index (κ1) is 19.1. The van der Waals surface area contributed by atoms with Gasteiger partial charge in [-0.15, -0.1) is 5.10 Å². The summed E-state index contributed by atoms with van der Waals surface area (Å²) in [6, 6.07) is 20.3. The number of benzene rings is 2. The number of thioether (sulfide) groups is 1. The molecular weight excluding hydrogens is 358 g/mol. The number of rotatable bonds is 8. The van der Waals surface area contributed by atoms with E-state index in [-0.39, 0.29) is 17.7 Å². The molecule has 0 unspecified atom stereocenters. The molecule has 3 rings (SSSR count). The zero-order valence-corrected chi connectivity index (χ0v) is 16.3. The third-order valence-corrected chi connectivity index (χ3v) is 5.09. The van der Waals surface area contributed by atoms with Crippen LogP contribution in [0.2, 0.25) is 0 Å². The van der Waals surface area contributed by atoms with Crippen LogP contribution >= 0.6 is 11.8 Å². The van der Waals surface area contributed by atoms with E-state index >= 15 is 0 Å². The Hall–Kier alpha value is -2.64. The largest absolute Gasteiger partial charge is 0.349 e. The van der Waals surface area contributed by atoms with Crippen molar-refractivity contribution in [3.05, 3.63) is 66.2 Å². The monoisotopic (exact) mass is 382 g/mol. The number of nitrogens with zero attached hydrogens (tertiary/aromatic N) is 2. The number of hydrogen-bond donors (Lipinski definition) is 3. The summed E-state index contributed by atoms with van der Waals surface area (Å²) in [5.41, 5.74) is 2.19. The predicted molar refractivity (Wildman–Crippen MR) is 108 cm³/mol. The minimum atomic E-state index is -0.0201. The van der Waals surface area contributed by atoms with Crippen molar-refractivity contribution in [2.75, 3.05) is 26.4 Å². The molecule has 0 saturated carbocycles. The van der Waals surface area contributed by atoms with Gasteiger partial charge >= 0.3 is 0 Å². The van der Waals surface area contributed by atoms with E-state index in [9.17, 15) is 4.79 Å². The molecule has 2 aromatic carbocycles. The normalized spacial score (nSPS) is 12.1. The van der Waals surface area contributed by atoms with Crippen LogP contribution in [0.25, 0.3) is 11.4 Å². The topological polar surface area (TPSA) is 75.1 Å². The molecule has 1 aromatic heterocycles. The first-order valence-corrected chi connectivity index (χ1v) is 9.84. The fourth-order valence-electron chi connectivity index (χ4n) is 2.77. The van der Waals surface area contributed by atoms with Gasteiger partial charge in [0.05, 0.1) is 26.4 Å². The Morgan fingerprint density at radius 1 is 1.11 bits per heavy atom. The molecule has 1 amide bonds. The number of quaternary nitrogens is 1. The summed E-state index contributed by atoms with van der Waals surface area (Å²) in [6.45, 7) is 0.592. The molecule has 3 N–H and O–H groups in total. The number of aromatic amines is 1. The van der Waals surface area contributed by atoms with Crippen molar-refractivity contribution < 1.29 is 9.69 Å². The number of nitrogens with one attached hydrogen (secondary N) is 3. The maximum Gasteiger partial charge on any atom is 0.230 e. The van der Waals surface area contributed by atoms with E-state index in [1.807, 2.05) is 48.5 Å². The lowest BCUT2D eigenvalue weighted by molar-refractivity contribution is -0.890. The van der Waals surface area contributed by atoms with E-state index in [4.69, 9.17) is 0 Å². The number of aromatic nitrogens is 3. The average molecular weight is 383 g/mol. The number of H-pyrrole nitrogens is 1. The summed E-state index contributed by atoms with van der Waals surface area (Å²) in [5.74, 6) is 0.975. The van der Waals surface area contributed by atoms with Crippen molar-refractivity contribution in [3.63, 3.8) is 0 Å². The quantitative estimate of drug-likeness (QED) is 0.517. The molecular formula is C20H24N5OS+. The van der Waals surface area contributed by atoms with E-state index in [0.717, 1.165) is 5.56 Å². The Morgan fingerprint density at radius 3 is 2.44 bits per heavy atom. The zero-order valence-electron chi connectivity index (χ0n) is 15.5. The number of amides is 1. The highest BCUT2D eigenvalue weighted by molar-refractivity contribution is 7.99. The lowest BCUT2D eigenvalue weighted by Gasteiger charge is -2.22. The Labute approximate surface area is 163 Å². The van der Waals surface area contributed by atoms with Crippen LogP contribution in [0.3, 0.4) is 0 Å². The van der Waals surface area contributed by atoms with Gasteiger partial charge in [-0.25, -0.2) is 4.98 Å². The van der Waals surface area contributed by atoms with Crippen LogP contribution < -0.4 is 10.2 Å². The molecule has 0 fully saturated rings. The van der Waals surface area contributed by atoms with Gasteiger partial charge in [-0.3, -0.25) is 9.89 Å². The van der Waals surface area contributed by atoms with Crippen molar-refractivity contribution >= 4 is 17.7 Å². The molecule has 0 radical (unpaired) electrons. The van der Waals surface area contributed by atoms with Gasteiger partial charge in [0, 0.05) is 11.1 Å². The molecule has 7 heteroatoms. The van der Waals surface area contributed by atoms with E-state index in [1.165, 1.54) is 22.2 Å². The molecule has 140 valence electrons. The second-order valence-electron chi connectivity index (χ2n) is 6.47. The molecule has 1 atom stereocenters. The van der Waals surface area contributed by atoms with Crippen molar-refractivity contribution in [1.82, 2.24) is 20.5 Å². The smallest absolute Gasteiger partial charge is 0.230 e. The number of carbonyl (C=O) groups is 1. The second-order valence-corrected chi connectivity index (χ2v) is 7.41. The molecule has 0 bridgehead atoms. The van der Waals surface area contributed by atoms with Gasteiger partial charge in [0.25, 0.3) is 0 Å². The Balaban J connectivity index is 1.50. The summed E-state index contributed by atoms with van der Waals surface area (Å²) in [5, 5.41) is 10.7. The predicted octanol–water partition coefficient (Wildman–Crippen LogP) is 1.57. The van der Waals surface area contributed by atoms with Crippen LogP contribution in [0.1, 0.15) is 11.6 Å². The fraction of sp³-hybridized carbons (Fsp3) is 0.250. The molecule has 3 aromatic rings. The summed E-state index contributed by atoms with van der Waals surface area (Å²) in [4.78, 5) is 18.0. The van der Waals surface area contributed by atoms with E-state index in [0.29, 0.717) is 17.5 Å². The Morgan fingerprint density at radius 2 is 1.78 bits per heavy atom. The lowest BCUT2D eigenvalue weighted by atomic mass is 10.1. The first-order valence-electron chi connectivity index (χ1n) is 8.86. The van der Waals surface area contributed by atoms with E-state index in [1.54, 1.807) is 0 Å². The first-order chi connectivity index (χ1) is 13.1. The molecule has 6 nitrogen and oxygen atoms in total. The van der Waals surface area contributed by atoms with Crippen LogP contribution in [0.5, 0.6) is 0 Å². The molecule has 27 heavy (non-hydrogen) atoms. The van der Waals surface area contributed by atoms with Gasteiger partial charge in [0.15, 0.2) is 5.82 Å². The third kappa shape index (κ3) is 5.42. The third-order valence-electron chi connectivity index (χ3n) is 4.25. The number of carbonyl (C=O) groups excluding carboxylic acids is 1. The summed E-state index contributed by atoms with van der Waals surface area (Å²) >= 11 is 1.33. The Kier molecular flexibility index (Phi) is 6.62. The van der Waals surface area contributed by atoms with Crippen molar-refractivity contribution in [2.24, 2.45) is 0 Å². The van der Waals surface area contributed by atoms with Crippen LogP contribution in [0.15, 0.2) is 65.8 Å². The second kappa shape index (κ2) is 9.34. The van der Waals surface area contributed by atoms with E-state index < -0.39 is 0 Å². The molecule has 0 aliphatic rings. The number of likely N-dealkylation sites (N-methyl/N-ethyl adjacent to an activating group) is 1. The lowest BCUT2D eigenvalue weighted by Crippen LogP contribution is -3.07. The summed E-state index contributed by atoms with van der Waals surface area (Å²) in [7, 11) is 4.19. The fourth-order valence-corrected chi connectivity index (χ4v) is 3.40. The maximum absolute atomic E-state index is 12.2. The molecule has 0 aliphatic carbocycles. The van der Waals surface area contributed by atoms with Gasteiger partial charge in [0.2, 0.25) is 11.1 Å². The highest BCUT2D eigenvalue weighted by Gasteiger charge is 2.18. The summed E-state index contributed by atoms with van der Waals surface area (Å²) < 4.78 is 0. The molecule has 0 saturated heterocycles. The van der Waals surface area contributed by atoms with Crippen LogP contribution in [0, 0.1) is 0 Å². The van der Waals surface area contributed by atoms with E-state index in [2.05, 4.69) is 46.7 Å². The maximum atomic E-state index is 12.2. The highest BCUT2D eigenvalue weighted by atomic mass is 32.2. The van der Waals surface area contributed by atoms with Crippen molar-refractivity contribution in [2.45, 2.75) is 11.2 Å². The highest BCUT2D eigenvalue weighted by Crippen LogP contribution is 2.18. The van der Waals surface area contributed by atoms with Crippen molar-refractivity contribution in [3.8, 4) is 11.4 Å². The minimum Gasteiger partial charge on any atom is -0.349 e. The van der Waals surface area contributed by atoms with Gasteiger partial charge in [0.1, 0.15) is 6.04 Å². The van der Waals surface area contributed by atoms with Gasteiger partial charge in [-0.1, -0.05) is 72.4 Å². The SMILES string of the molecule is C[NH+](C)[C@H](CNC(=O)CSc1n[nH]c(-c2ccccc2)n1)c1ccccc1. The number of hydrogen-bond acceptors (Lipinski definition) is 4. The van der Waals surface area contributed by atoms with Gasteiger partial charge < -0.3 is 10.2 Å².